The highest BCUT2D eigenvalue weighted by atomic mass is 79.9. The van der Waals surface area contributed by atoms with Crippen molar-refractivity contribution < 1.29 is 14.6 Å². The molecule has 0 aliphatic rings. The van der Waals surface area contributed by atoms with E-state index in [0.717, 1.165) is 20.3 Å². The van der Waals surface area contributed by atoms with Crippen LogP contribution in [0.2, 0.25) is 0 Å². The lowest BCUT2D eigenvalue weighted by molar-refractivity contribution is -0.137. The fraction of sp³-hybridized carbons (Fsp3) is 0.462. The van der Waals surface area contributed by atoms with Gasteiger partial charge in [0, 0.05) is 13.0 Å². The van der Waals surface area contributed by atoms with Crippen LogP contribution in [0, 0.1) is 0 Å². The van der Waals surface area contributed by atoms with Crippen LogP contribution in [0.5, 0.6) is 5.75 Å². The zero-order valence-corrected chi connectivity index (χ0v) is 13.9. The van der Waals surface area contributed by atoms with Gasteiger partial charge in [-0.05, 0) is 69.4 Å². The summed E-state index contributed by atoms with van der Waals surface area (Å²) in [5, 5.41) is 11.7. The van der Waals surface area contributed by atoms with Crippen LogP contribution in [0.1, 0.15) is 25.3 Å². The molecule has 0 aliphatic heterocycles. The lowest BCUT2D eigenvalue weighted by atomic mass is 10.2. The number of carbonyl (C=O) groups is 1. The van der Waals surface area contributed by atoms with Gasteiger partial charge < -0.3 is 15.2 Å². The molecule has 0 fully saturated rings. The predicted molar refractivity (Wildman–Crippen MR) is 81.6 cm³/mol. The van der Waals surface area contributed by atoms with Gasteiger partial charge >= 0.3 is 5.97 Å². The van der Waals surface area contributed by atoms with Crippen molar-refractivity contribution in [2.75, 3.05) is 13.2 Å². The maximum Gasteiger partial charge on any atom is 0.303 e. The van der Waals surface area contributed by atoms with E-state index in [1.54, 1.807) is 0 Å². The summed E-state index contributed by atoms with van der Waals surface area (Å²) in [6.07, 6.45) is 0.832. The van der Waals surface area contributed by atoms with E-state index >= 15 is 0 Å². The Morgan fingerprint density at radius 3 is 2.53 bits per heavy atom. The summed E-state index contributed by atoms with van der Waals surface area (Å²) >= 11 is 6.96. The van der Waals surface area contributed by atoms with E-state index in [-0.39, 0.29) is 6.42 Å². The third-order valence-corrected chi connectivity index (χ3v) is 3.60. The molecule has 0 heterocycles. The first-order chi connectivity index (χ1) is 9.04. The van der Waals surface area contributed by atoms with E-state index < -0.39 is 5.97 Å². The lowest BCUT2D eigenvalue weighted by Crippen LogP contribution is -2.15. The highest BCUT2D eigenvalue weighted by Gasteiger charge is 2.08. The molecule has 1 aromatic rings. The van der Waals surface area contributed by atoms with Crippen LogP contribution < -0.4 is 10.1 Å². The van der Waals surface area contributed by atoms with Gasteiger partial charge in [-0.2, -0.15) is 0 Å². The molecule has 0 radical (unpaired) electrons. The van der Waals surface area contributed by atoms with E-state index in [1.165, 1.54) is 0 Å². The van der Waals surface area contributed by atoms with Crippen LogP contribution in [-0.2, 0) is 11.3 Å². The number of hydrogen-bond acceptors (Lipinski definition) is 3. The van der Waals surface area contributed by atoms with E-state index in [9.17, 15) is 4.79 Å². The Morgan fingerprint density at radius 1 is 1.37 bits per heavy atom. The first kappa shape index (κ1) is 16.5. The van der Waals surface area contributed by atoms with Crippen molar-refractivity contribution in [1.82, 2.24) is 5.32 Å². The molecular weight excluding hydrogens is 378 g/mol. The number of ether oxygens (including phenoxy) is 1. The van der Waals surface area contributed by atoms with Crippen molar-refractivity contribution in [2.24, 2.45) is 0 Å². The average Bonchev–Trinajstić information content (AvgIpc) is 2.33. The summed E-state index contributed by atoms with van der Waals surface area (Å²) in [6, 6.07) is 4.00. The Hall–Kier alpha value is -0.590. The number of benzene rings is 1. The smallest absolute Gasteiger partial charge is 0.303 e. The number of carboxylic acids is 1. The summed E-state index contributed by atoms with van der Waals surface area (Å²) in [5.74, 6) is 0.0467. The van der Waals surface area contributed by atoms with Crippen molar-refractivity contribution in [3.8, 4) is 5.75 Å². The third-order valence-electron chi connectivity index (χ3n) is 2.42. The molecule has 0 aliphatic carbocycles. The molecule has 4 nitrogen and oxygen atoms in total. The quantitative estimate of drug-likeness (QED) is 0.661. The largest absolute Gasteiger partial charge is 0.492 e. The third kappa shape index (κ3) is 5.93. The summed E-state index contributed by atoms with van der Waals surface area (Å²) in [5.41, 5.74) is 1.11. The molecule has 0 spiro atoms. The second-order valence-electron chi connectivity index (χ2n) is 4.00. The van der Waals surface area contributed by atoms with Gasteiger partial charge in [0.05, 0.1) is 15.6 Å². The highest BCUT2D eigenvalue weighted by Crippen LogP contribution is 2.34. The van der Waals surface area contributed by atoms with Crippen molar-refractivity contribution in [3.63, 3.8) is 0 Å². The van der Waals surface area contributed by atoms with E-state index in [2.05, 4.69) is 37.2 Å². The molecule has 0 amide bonds. The van der Waals surface area contributed by atoms with Gasteiger partial charge in [0.2, 0.25) is 0 Å². The lowest BCUT2D eigenvalue weighted by Gasteiger charge is -2.11. The molecule has 0 bridgehead atoms. The summed E-state index contributed by atoms with van der Waals surface area (Å²) in [7, 11) is 0. The van der Waals surface area contributed by atoms with Gasteiger partial charge in [-0.15, -0.1) is 0 Å². The van der Waals surface area contributed by atoms with Gasteiger partial charge in [0.15, 0.2) is 0 Å². The second-order valence-corrected chi connectivity index (χ2v) is 5.70. The van der Waals surface area contributed by atoms with Crippen molar-refractivity contribution >= 4 is 37.8 Å². The van der Waals surface area contributed by atoms with Gasteiger partial charge in [0.25, 0.3) is 0 Å². The average molecular weight is 395 g/mol. The molecule has 1 rings (SSSR count). The van der Waals surface area contributed by atoms with Crippen LogP contribution in [0.25, 0.3) is 0 Å². The zero-order chi connectivity index (χ0) is 14.3. The van der Waals surface area contributed by atoms with Crippen LogP contribution >= 0.6 is 31.9 Å². The fourth-order valence-electron chi connectivity index (χ4n) is 1.59. The number of rotatable bonds is 8. The minimum atomic E-state index is -0.756. The van der Waals surface area contributed by atoms with Crippen molar-refractivity contribution in [1.29, 1.82) is 0 Å². The first-order valence-corrected chi connectivity index (χ1v) is 7.66. The van der Waals surface area contributed by atoms with E-state index in [4.69, 9.17) is 9.84 Å². The number of hydrogen-bond donors (Lipinski definition) is 2. The maximum atomic E-state index is 10.4. The number of halogens is 2. The highest BCUT2D eigenvalue weighted by molar-refractivity contribution is 9.11. The Bertz CT molecular complexity index is 415. The zero-order valence-electron chi connectivity index (χ0n) is 10.7. The molecule has 106 valence electrons. The molecular formula is C13H17Br2NO3. The van der Waals surface area contributed by atoms with Crippen LogP contribution in [0.4, 0.5) is 0 Å². The minimum absolute atomic E-state index is 0.198. The van der Waals surface area contributed by atoms with E-state index in [0.29, 0.717) is 26.1 Å². The second kappa shape index (κ2) is 8.55. The molecule has 6 heteroatoms. The Kier molecular flexibility index (Phi) is 7.41. The standard InChI is InChI=1S/C13H17Br2NO3/c1-2-19-13-10(14)6-9(7-11(13)15)8-16-5-3-4-12(17)18/h6-7,16H,2-5,8H2,1H3,(H,17,18). The van der Waals surface area contributed by atoms with Gasteiger partial charge in [0.1, 0.15) is 5.75 Å². The number of aliphatic carboxylic acids is 1. The van der Waals surface area contributed by atoms with Crippen LogP contribution in [0.15, 0.2) is 21.1 Å². The SMILES string of the molecule is CCOc1c(Br)cc(CNCCCC(=O)O)cc1Br. The monoisotopic (exact) mass is 393 g/mol. The fourth-order valence-corrected chi connectivity index (χ4v) is 3.10. The summed E-state index contributed by atoms with van der Waals surface area (Å²) < 4.78 is 7.33. The summed E-state index contributed by atoms with van der Waals surface area (Å²) in [6.45, 7) is 3.94. The normalized spacial score (nSPS) is 10.5. The van der Waals surface area contributed by atoms with Crippen LogP contribution in [-0.4, -0.2) is 24.2 Å². The number of nitrogens with one attached hydrogen (secondary N) is 1. The molecule has 1 aromatic carbocycles. The van der Waals surface area contributed by atoms with Crippen molar-refractivity contribution in [2.45, 2.75) is 26.3 Å². The van der Waals surface area contributed by atoms with Gasteiger partial charge in [-0.3, -0.25) is 4.79 Å². The number of carboxylic acid groups (broad SMARTS) is 1. The summed E-state index contributed by atoms with van der Waals surface area (Å²) in [4.78, 5) is 10.4. The molecule has 19 heavy (non-hydrogen) atoms. The Morgan fingerprint density at radius 2 is 2.00 bits per heavy atom. The maximum absolute atomic E-state index is 10.4. The Labute approximate surface area is 129 Å². The molecule has 0 saturated heterocycles. The topological polar surface area (TPSA) is 58.6 Å². The van der Waals surface area contributed by atoms with E-state index in [1.807, 2.05) is 19.1 Å². The van der Waals surface area contributed by atoms with Gasteiger partial charge in [-0.25, -0.2) is 0 Å². The first-order valence-electron chi connectivity index (χ1n) is 6.07. The van der Waals surface area contributed by atoms with Crippen molar-refractivity contribution in [3.05, 3.63) is 26.6 Å². The minimum Gasteiger partial charge on any atom is -0.492 e. The Balaban J connectivity index is 2.49. The molecule has 0 saturated carbocycles. The molecule has 0 aromatic heterocycles. The molecule has 2 N–H and O–H groups in total. The van der Waals surface area contributed by atoms with Crippen LogP contribution in [0.3, 0.4) is 0 Å². The predicted octanol–water partition coefficient (Wildman–Crippen LogP) is 3.56. The van der Waals surface area contributed by atoms with Gasteiger partial charge in [-0.1, -0.05) is 0 Å². The molecule has 0 unspecified atom stereocenters. The molecule has 0 atom stereocenters.